The average Bonchev–Trinajstić information content (AvgIpc) is 2.81. The van der Waals surface area contributed by atoms with Crippen LogP contribution < -0.4 is 15.4 Å². The van der Waals surface area contributed by atoms with Crippen molar-refractivity contribution < 1.29 is 24.2 Å². The van der Waals surface area contributed by atoms with Gasteiger partial charge in [-0.1, -0.05) is 24.3 Å². The lowest BCUT2D eigenvalue weighted by Crippen LogP contribution is -2.61. The predicted octanol–water partition coefficient (Wildman–Crippen LogP) is 2.10. The molecule has 2 aromatic carbocycles. The Hall–Kier alpha value is -2.94. The fraction of sp³-hybridized carbons (Fsp3) is 0.462. The molecule has 2 aliphatic heterocycles. The number of benzene rings is 2. The normalized spacial score (nSPS) is 24.3. The zero-order valence-corrected chi connectivity index (χ0v) is 19.4. The van der Waals surface area contributed by atoms with Gasteiger partial charge in [0.05, 0.1) is 17.9 Å². The minimum atomic E-state index is -0.879. The minimum Gasteiger partial charge on any atom is -0.475 e. The van der Waals surface area contributed by atoms with Gasteiger partial charge in [0.15, 0.2) is 5.60 Å². The van der Waals surface area contributed by atoms with Crippen LogP contribution in [0.2, 0.25) is 0 Å². The smallest absolute Gasteiger partial charge is 0.268 e. The number of aliphatic hydroxyl groups excluding tert-OH is 1. The molecule has 0 radical (unpaired) electrons. The zero-order chi connectivity index (χ0) is 23.7. The van der Waals surface area contributed by atoms with Crippen molar-refractivity contribution in [3.8, 4) is 5.75 Å². The molecule has 1 spiro atoms. The molecule has 0 unspecified atom stereocenters. The van der Waals surface area contributed by atoms with Gasteiger partial charge in [-0.2, -0.15) is 0 Å². The number of hydrogen-bond donors (Lipinski definition) is 3. The molecule has 3 N–H and O–H groups in total. The van der Waals surface area contributed by atoms with E-state index in [1.165, 1.54) is 11.1 Å². The van der Waals surface area contributed by atoms with Crippen molar-refractivity contribution in [3.05, 3.63) is 59.2 Å². The van der Waals surface area contributed by atoms with Gasteiger partial charge < -0.3 is 25.2 Å². The van der Waals surface area contributed by atoms with E-state index < -0.39 is 11.7 Å². The highest BCUT2D eigenvalue weighted by atomic mass is 16.5. The molecule has 1 atom stereocenters. The highest BCUT2D eigenvalue weighted by Crippen LogP contribution is 2.45. The van der Waals surface area contributed by atoms with E-state index in [1.54, 1.807) is 18.2 Å². The Kier molecular flexibility index (Phi) is 6.29. The Morgan fingerprint density at radius 2 is 2.09 bits per heavy atom. The summed E-state index contributed by atoms with van der Waals surface area (Å²) in [6, 6.07) is 13.4. The molecule has 0 aromatic heterocycles. The number of carbonyl (C=O) groups is 2. The van der Waals surface area contributed by atoms with E-state index in [1.807, 2.05) is 13.0 Å². The molecule has 2 amide bonds. The summed E-state index contributed by atoms with van der Waals surface area (Å²) in [7, 11) is 0. The van der Waals surface area contributed by atoms with Crippen molar-refractivity contribution in [3.63, 3.8) is 0 Å². The number of β-amino-alcohol motifs (C(OH)–C–C–N with tert-alkyl or cyclic N) is 1. The van der Waals surface area contributed by atoms with Gasteiger partial charge in [-0.15, -0.1) is 0 Å². The van der Waals surface area contributed by atoms with E-state index in [4.69, 9.17) is 9.47 Å². The second-order valence-corrected chi connectivity index (χ2v) is 9.36. The Labute approximate surface area is 199 Å². The first-order chi connectivity index (χ1) is 16.5. The van der Waals surface area contributed by atoms with E-state index in [9.17, 15) is 14.7 Å². The van der Waals surface area contributed by atoms with Crippen LogP contribution in [-0.2, 0) is 22.5 Å². The lowest BCUT2D eigenvalue weighted by molar-refractivity contribution is -0.159. The molecule has 1 fully saturated rings. The molecule has 180 valence electrons. The summed E-state index contributed by atoms with van der Waals surface area (Å²) in [6.45, 7) is 4.88. The molecule has 2 aromatic rings. The van der Waals surface area contributed by atoms with Gasteiger partial charge in [0.25, 0.3) is 11.8 Å². The number of amides is 2. The minimum absolute atomic E-state index is 0.0356. The van der Waals surface area contributed by atoms with Crippen LogP contribution in [0, 0.1) is 0 Å². The summed E-state index contributed by atoms with van der Waals surface area (Å²) < 4.78 is 11.6. The van der Waals surface area contributed by atoms with Crippen molar-refractivity contribution in [2.45, 2.75) is 50.5 Å². The molecule has 0 bridgehead atoms. The Balaban J connectivity index is 1.13. The predicted molar refractivity (Wildman–Crippen MR) is 127 cm³/mol. The first-order valence-electron chi connectivity index (χ1n) is 12.0. The van der Waals surface area contributed by atoms with Crippen molar-refractivity contribution >= 4 is 17.5 Å². The van der Waals surface area contributed by atoms with Crippen molar-refractivity contribution in [2.75, 3.05) is 31.6 Å². The van der Waals surface area contributed by atoms with E-state index in [2.05, 4.69) is 33.7 Å². The molecule has 5 rings (SSSR count). The van der Waals surface area contributed by atoms with Crippen LogP contribution >= 0.6 is 0 Å². The highest BCUT2D eigenvalue weighted by Gasteiger charge is 2.55. The third-order valence-corrected chi connectivity index (χ3v) is 6.90. The molecular weight excluding hydrogens is 434 g/mol. The van der Waals surface area contributed by atoms with E-state index in [-0.39, 0.29) is 24.5 Å². The zero-order valence-electron chi connectivity index (χ0n) is 19.4. The lowest BCUT2D eigenvalue weighted by atomic mass is 9.75. The van der Waals surface area contributed by atoms with Crippen LogP contribution in [0.4, 0.5) is 5.69 Å². The number of carbonyl (C=O) groups excluding carboxylic acids is 2. The molecule has 8 nitrogen and oxygen atoms in total. The third kappa shape index (κ3) is 4.53. The lowest BCUT2D eigenvalue weighted by Gasteiger charge is -2.47. The number of nitrogens with one attached hydrogen (secondary N) is 2. The molecule has 1 aliphatic carbocycles. The summed E-state index contributed by atoms with van der Waals surface area (Å²) in [5, 5.41) is 16.2. The van der Waals surface area contributed by atoms with Gasteiger partial charge in [-0.25, -0.2) is 0 Å². The summed E-state index contributed by atoms with van der Waals surface area (Å²) in [5.74, 6) is 0.0454. The number of rotatable bonds is 7. The maximum absolute atomic E-state index is 12.7. The van der Waals surface area contributed by atoms with Crippen LogP contribution in [0.1, 0.15) is 41.3 Å². The number of anilines is 1. The van der Waals surface area contributed by atoms with Crippen molar-refractivity contribution in [1.82, 2.24) is 10.2 Å². The largest absolute Gasteiger partial charge is 0.475 e. The SMILES string of the molecule is CCOC1CC2(C1)Oc1ccc(C(=O)NC[C@H](O)CN3CCc4ccccc4C3)cc1NC2=O. The molecule has 8 heteroatoms. The van der Waals surface area contributed by atoms with Gasteiger partial charge in [-0.3, -0.25) is 14.5 Å². The van der Waals surface area contributed by atoms with Crippen LogP contribution in [0.25, 0.3) is 0 Å². The maximum Gasteiger partial charge on any atom is 0.268 e. The quantitative estimate of drug-likeness (QED) is 0.579. The van der Waals surface area contributed by atoms with E-state index in [0.717, 1.165) is 19.5 Å². The van der Waals surface area contributed by atoms with Crippen molar-refractivity contribution in [2.24, 2.45) is 0 Å². The highest BCUT2D eigenvalue weighted by molar-refractivity contribution is 6.03. The monoisotopic (exact) mass is 465 g/mol. The number of aliphatic hydroxyl groups is 1. The topological polar surface area (TPSA) is 100 Å². The second kappa shape index (κ2) is 9.37. The molecule has 2 heterocycles. The molecule has 34 heavy (non-hydrogen) atoms. The van der Waals surface area contributed by atoms with Gasteiger partial charge in [0.2, 0.25) is 0 Å². The first kappa shape index (κ1) is 22.8. The van der Waals surface area contributed by atoms with Crippen LogP contribution in [0.15, 0.2) is 42.5 Å². The van der Waals surface area contributed by atoms with E-state index in [0.29, 0.717) is 43.0 Å². The number of ether oxygens (including phenoxy) is 2. The molecule has 3 aliphatic rings. The van der Waals surface area contributed by atoms with Gasteiger partial charge in [0.1, 0.15) is 5.75 Å². The van der Waals surface area contributed by atoms with Crippen LogP contribution in [-0.4, -0.2) is 65.9 Å². The fourth-order valence-electron chi connectivity index (χ4n) is 5.03. The van der Waals surface area contributed by atoms with Crippen LogP contribution in [0.3, 0.4) is 0 Å². The summed E-state index contributed by atoms with van der Waals surface area (Å²) >= 11 is 0. The standard InChI is InChI=1S/C26H31N3O5/c1-2-33-21-12-26(13-21)25(32)28-22-11-18(7-8-23(22)34-26)24(31)27-14-20(30)16-29-10-9-17-5-3-4-6-19(17)15-29/h3-8,11,20-21,30H,2,9-10,12-16H2,1H3,(H,27,31)(H,28,32)/t20-,21?,26?/m0/s1. The van der Waals surface area contributed by atoms with Gasteiger partial charge >= 0.3 is 0 Å². The average molecular weight is 466 g/mol. The molecular formula is C26H31N3O5. The summed E-state index contributed by atoms with van der Waals surface area (Å²) in [4.78, 5) is 27.5. The Bertz CT molecular complexity index is 1080. The molecule has 0 saturated heterocycles. The summed E-state index contributed by atoms with van der Waals surface area (Å²) in [6.07, 6.45) is 1.37. The third-order valence-electron chi connectivity index (χ3n) is 6.90. The van der Waals surface area contributed by atoms with Gasteiger partial charge in [0, 0.05) is 51.2 Å². The fourth-order valence-corrected chi connectivity index (χ4v) is 5.03. The second-order valence-electron chi connectivity index (χ2n) is 9.36. The first-order valence-corrected chi connectivity index (χ1v) is 12.0. The number of hydrogen-bond acceptors (Lipinski definition) is 6. The Morgan fingerprint density at radius 3 is 2.88 bits per heavy atom. The summed E-state index contributed by atoms with van der Waals surface area (Å²) in [5.41, 5.74) is 2.66. The Morgan fingerprint density at radius 1 is 1.29 bits per heavy atom. The van der Waals surface area contributed by atoms with E-state index >= 15 is 0 Å². The van der Waals surface area contributed by atoms with Gasteiger partial charge in [-0.05, 0) is 42.7 Å². The van der Waals surface area contributed by atoms with Crippen molar-refractivity contribution in [1.29, 1.82) is 0 Å². The maximum atomic E-state index is 12.7. The number of fused-ring (bicyclic) bond motifs is 2. The number of nitrogens with zero attached hydrogens (tertiary/aromatic N) is 1. The molecule has 1 saturated carbocycles. The van der Waals surface area contributed by atoms with Crippen LogP contribution in [0.5, 0.6) is 5.75 Å².